The third-order valence-electron chi connectivity index (χ3n) is 2.42. The predicted octanol–water partition coefficient (Wildman–Crippen LogP) is 1.50. The fourth-order valence-electron chi connectivity index (χ4n) is 1.39. The lowest BCUT2D eigenvalue weighted by atomic mass is 10.2. The maximum Gasteiger partial charge on any atom is 0.453 e. The van der Waals surface area contributed by atoms with E-state index in [4.69, 9.17) is 4.74 Å². The van der Waals surface area contributed by atoms with Gasteiger partial charge in [-0.05, 0) is 12.5 Å². The van der Waals surface area contributed by atoms with Crippen LogP contribution in [0.5, 0.6) is 0 Å². The predicted molar refractivity (Wildman–Crippen MR) is 58.3 cm³/mol. The molecule has 0 amide bonds. The minimum atomic E-state index is -5.54. The van der Waals surface area contributed by atoms with E-state index in [1.807, 2.05) is 0 Å². The number of alkyl halides is 5. The molecule has 0 aromatic carbocycles. The first-order valence-electron chi connectivity index (χ1n) is 5.52. The van der Waals surface area contributed by atoms with Crippen molar-refractivity contribution in [2.75, 3.05) is 6.61 Å². The standard InChI is InChI=1S/C9H10F5N5O/c10-8(11,9(12,13)14)4-1-5-20-7-3-2-6-15-17-18-19(6)16-7/h2-3,17-18H,1,4-5H2. The normalized spacial score (nSPS) is 18.4. The Labute approximate surface area is 109 Å². The van der Waals surface area contributed by atoms with E-state index >= 15 is 0 Å². The fraction of sp³-hybridized carbons (Fsp3) is 0.556. The molecule has 0 fully saturated rings. The van der Waals surface area contributed by atoms with E-state index in [0.29, 0.717) is 5.84 Å². The number of fused-ring (bicyclic) bond motifs is 1. The Kier molecular flexibility index (Phi) is 3.79. The van der Waals surface area contributed by atoms with Gasteiger partial charge in [0.15, 0.2) is 5.84 Å². The molecule has 0 unspecified atom stereocenters. The molecular formula is C9H10F5N5O. The maximum absolute atomic E-state index is 12.6. The molecule has 2 aliphatic heterocycles. The minimum absolute atomic E-state index is 0.0791. The van der Waals surface area contributed by atoms with Crippen LogP contribution in [0.15, 0.2) is 22.4 Å². The van der Waals surface area contributed by atoms with Gasteiger partial charge in [-0.3, -0.25) is 0 Å². The van der Waals surface area contributed by atoms with Crippen molar-refractivity contribution in [2.45, 2.75) is 24.9 Å². The summed E-state index contributed by atoms with van der Waals surface area (Å²) in [5.41, 5.74) is 4.93. The number of halogens is 5. The molecule has 2 aliphatic rings. The summed E-state index contributed by atoms with van der Waals surface area (Å²) in [5, 5.41) is 8.83. The Balaban J connectivity index is 1.75. The second-order valence-electron chi connectivity index (χ2n) is 3.93. The third-order valence-corrected chi connectivity index (χ3v) is 2.42. The Morgan fingerprint density at radius 1 is 1.20 bits per heavy atom. The summed E-state index contributed by atoms with van der Waals surface area (Å²) in [6.45, 7) is -0.303. The monoisotopic (exact) mass is 299 g/mol. The molecule has 0 saturated carbocycles. The van der Waals surface area contributed by atoms with Crippen molar-refractivity contribution in [3.05, 3.63) is 12.2 Å². The van der Waals surface area contributed by atoms with Gasteiger partial charge in [0.2, 0.25) is 5.90 Å². The van der Waals surface area contributed by atoms with Crippen LogP contribution in [0.2, 0.25) is 0 Å². The summed E-state index contributed by atoms with van der Waals surface area (Å²) in [6.07, 6.45) is -4.37. The van der Waals surface area contributed by atoms with Crippen molar-refractivity contribution >= 4 is 11.7 Å². The molecule has 0 aliphatic carbocycles. The van der Waals surface area contributed by atoms with Crippen molar-refractivity contribution in [3.63, 3.8) is 0 Å². The first-order valence-corrected chi connectivity index (χ1v) is 5.52. The van der Waals surface area contributed by atoms with Gasteiger partial charge in [-0.1, -0.05) is 0 Å². The fourth-order valence-corrected chi connectivity index (χ4v) is 1.39. The van der Waals surface area contributed by atoms with Crippen LogP contribution in [0.25, 0.3) is 0 Å². The Hall–Kier alpha value is -1.91. The zero-order valence-corrected chi connectivity index (χ0v) is 9.92. The molecule has 11 heteroatoms. The first kappa shape index (κ1) is 14.5. The largest absolute Gasteiger partial charge is 0.477 e. The van der Waals surface area contributed by atoms with E-state index in [-0.39, 0.29) is 12.5 Å². The SMILES string of the molecule is FC(F)(F)C(F)(F)CCCOC1=NN2NNN=C2C=C1. The Bertz CT molecular complexity index is 458. The van der Waals surface area contributed by atoms with Crippen LogP contribution >= 0.6 is 0 Å². The second-order valence-corrected chi connectivity index (χ2v) is 3.93. The molecule has 0 aromatic heterocycles. The van der Waals surface area contributed by atoms with Crippen LogP contribution in [-0.4, -0.2) is 35.6 Å². The van der Waals surface area contributed by atoms with E-state index in [1.54, 1.807) is 0 Å². The average Bonchev–Trinajstić information content (AvgIpc) is 2.80. The molecule has 0 atom stereocenters. The number of hydrazone groups is 2. The number of hydrogen-bond donors (Lipinski definition) is 2. The molecule has 6 nitrogen and oxygen atoms in total. The maximum atomic E-state index is 12.6. The van der Waals surface area contributed by atoms with Crippen LogP contribution in [0, 0.1) is 0 Å². The zero-order chi connectivity index (χ0) is 14.8. The topological polar surface area (TPSA) is 61.2 Å². The molecule has 0 spiro atoms. The van der Waals surface area contributed by atoms with Crippen molar-refractivity contribution < 1.29 is 26.7 Å². The highest BCUT2D eigenvalue weighted by molar-refractivity contribution is 6.03. The van der Waals surface area contributed by atoms with Crippen molar-refractivity contribution in [1.29, 1.82) is 0 Å². The van der Waals surface area contributed by atoms with Crippen molar-refractivity contribution in [1.82, 2.24) is 16.2 Å². The summed E-state index contributed by atoms with van der Waals surface area (Å²) in [6, 6.07) is 0. The molecule has 0 aromatic rings. The van der Waals surface area contributed by atoms with Crippen molar-refractivity contribution in [2.24, 2.45) is 10.2 Å². The van der Waals surface area contributed by atoms with Crippen LogP contribution in [0.3, 0.4) is 0 Å². The summed E-state index contributed by atoms with van der Waals surface area (Å²) in [4.78, 5) is 0. The molecule has 0 bridgehead atoms. The number of ether oxygens (including phenoxy) is 1. The molecule has 112 valence electrons. The Morgan fingerprint density at radius 2 is 1.95 bits per heavy atom. The summed E-state index contributed by atoms with van der Waals surface area (Å²) >= 11 is 0. The van der Waals surface area contributed by atoms with E-state index in [9.17, 15) is 22.0 Å². The van der Waals surface area contributed by atoms with Gasteiger partial charge in [-0.15, -0.1) is 15.7 Å². The number of amidine groups is 1. The number of rotatable bonds is 4. The molecule has 0 saturated heterocycles. The lowest BCUT2D eigenvalue weighted by Gasteiger charge is -2.20. The zero-order valence-electron chi connectivity index (χ0n) is 9.92. The van der Waals surface area contributed by atoms with Gasteiger partial charge in [0.05, 0.1) is 6.61 Å². The number of nitrogens with zero attached hydrogens (tertiary/aromatic N) is 3. The molecule has 20 heavy (non-hydrogen) atoms. The van der Waals surface area contributed by atoms with E-state index in [0.717, 1.165) is 0 Å². The van der Waals surface area contributed by atoms with Crippen LogP contribution < -0.4 is 11.1 Å². The average molecular weight is 299 g/mol. The smallest absolute Gasteiger partial charge is 0.453 e. The number of hydrogen-bond acceptors (Lipinski definition) is 6. The number of hydrazine groups is 2. The minimum Gasteiger partial charge on any atom is -0.477 e. The van der Waals surface area contributed by atoms with Crippen molar-refractivity contribution in [3.8, 4) is 0 Å². The highest BCUT2D eigenvalue weighted by atomic mass is 19.4. The molecule has 2 N–H and O–H groups in total. The van der Waals surface area contributed by atoms with Gasteiger partial charge in [0.25, 0.3) is 0 Å². The molecule has 0 radical (unpaired) electrons. The molecule has 2 rings (SSSR count). The number of nitrogens with one attached hydrogen (secondary N) is 2. The van der Waals surface area contributed by atoms with Crippen LogP contribution in [0.1, 0.15) is 12.8 Å². The van der Waals surface area contributed by atoms with E-state index in [1.165, 1.54) is 17.3 Å². The van der Waals surface area contributed by atoms with Gasteiger partial charge in [0.1, 0.15) is 0 Å². The van der Waals surface area contributed by atoms with Gasteiger partial charge in [-0.2, -0.15) is 27.1 Å². The highest BCUT2D eigenvalue weighted by Gasteiger charge is 2.56. The summed E-state index contributed by atoms with van der Waals surface area (Å²) in [7, 11) is 0. The third kappa shape index (κ3) is 3.15. The van der Waals surface area contributed by atoms with Crippen LogP contribution in [-0.2, 0) is 4.74 Å². The Morgan fingerprint density at radius 3 is 2.65 bits per heavy atom. The highest BCUT2D eigenvalue weighted by Crippen LogP contribution is 2.38. The van der Waals surface area contributed by atoms with Gasteiger partial charge in [0, 0.05) is 12.5 Å². The summed E-state index contributed by atoms with van der Waals surface area (Å²) in [5.74, 6) is -4.17. The van der Waals surface area contributed by atoms with Gasteiger partial charge < -0.3 is 4.74 Å². The van der Waals surface area contributed by atoms with E-state index in [2.05, 4.69) is 21.3 Å². The lowest BCUT2D eigenvalue weighted by molar-refractivity contribution is -0.284. The van der Waals surface area contributed by atoms with Crippen LogP contribution in [0.4, 0.5) is 22.0 Å². The van der Waals surface area contributed by atoms with Gasteiger partial charge >= 0.3 is 12.1 Å². The molecule has 2 heterocycles. The summed E-state index contributed by atoms with van der Waals surface area (Å²) < 4.78 is 65.9. The molecular weight excluding hydrogens is 289 g/mol. The second kappa shape index (κ2) is 5.23. The lowest BCUT2D eigenvalue weighted by Crippen LogP contribution is -2.38. The van der Waals surface area contributed by atoms with E-state index < -0.39 is 24.9 Å². The quantitative estimate of drug-likeness (QED) is 0.610. The van der Waals surface area contributed by atoms with Gasteiger partial charge in [-0.25, -0.2) is 5.53 Å². The first-order chi connectivity index (χ1) is 9.29.